The van der Waals surface area contributed by atoms with Crippen molar-refractivity contribution in [3.8, 4) is 0 Å². The lowest BCUT2D eigenvalue weighted by molar-refractivity contribution is 0.0697. The first-order valence-corrected chi connectivity index (χ1v) is 5.78. The molecule has 92 valence electrons. The molecule has 1 atom stereocenters. The first-order chi connectivity index (χ1) is 8.13. The highest BCUT2D eigenvalue weighted by Gasteiger charge is 2.28. The Morgan fingerprint density at radius 3 is 3.00 bits per heavy atom. The third-order valence-electron chi connectivity index (χ3n) is 2.93. The van der Waals surface area contributed by atoms with Crippen LogP contribution in [0.3, 0.4) is 0 Å². The number of carbonyl (C=O) groups is 1. The number of hydrogen-bond donors (Lipinski definition) is 2. The third kappa shape index (κ3) is 2.35. The summed E-state index contributed by atoms with van der Waals surface area (Å²) < 4.78 is 0. The van der Waals surface area contributed by atoms with E-state index in [0.717, 1.165) is 12.8 Å². The monoisotopic (exact) mass is 256 g/mol. The first kappa shape index (κ1) is 12.1. The summed E-state index contributed by atoms with van der Waals surface area (Å²) >= 11 is 5.80. The highest BCUT2D eigenvalue weighted by molar-refractivity contribution is 6.29. The van der Waals surface area contributed by atoms with Gasteiger partial charge in [-0.2, -0.15) is 0 Å². The Kier molecular flexibility index (Phi) is 3.49. The molecule has 2 N–H and O–H groups in total. The lowest BCUT2D eigenvalue weighted by Gasteiger charge is -2.25. The van der Waals surface area contributed by atoms with Gasteiger partial charge in [0.05, 0.1) is 12.6 Å². The Morgan fingerprint density at radius 2 is 2.35 bits per heavy atom. The molecule has 0 radical (unpaired) electrons. The van der Waals surface area contributed by atoms with Crippen LogP contribution in [0.1, 0.15) is 23.2 Å². The van der Waals surface area contributed by atoms with Gasteiger partial charge in [0.25, 0.3) is 0 Å². The minimum atomic E-state index is -1.03. The van der Waals surface area contributed by atoms with E-state index in [9.17, 15) is 9.90 Å². The molecule has 5 nitrogen and oxygen atoms in total. The van der Waals surface area contributed by atoms with Crippen molar-refractivity contribution in [3.05, 3.63) is 22.8 Å². The van der Waals surface area contributed by atoms with Crippen LogP contribution >= 0.6 is 11.6 Å². The second-order valence-electron chi connectivity index (χ2n) is 3.98. The molecule has 1 aliphatic rings. The molecular formula is C11H13ClN2O3. The minimum absolute atomic E-state index is 0.00669. The van der Waals surface area contributed by atoms with Gasteiger partial charge in [0.1, 0.15) is 16.5 Å². The summed E-state index contributed by atoms with van der Waals surface area (Å²) in [7, 11) is 0. The van der Waals surface area contributed by atoms with Crippen molar-refractivity contribution < 1.29 is 15.0 Å². The van der Waals surface area contributed by atoms with Gasteiger partial charge in [0.15, 0.2) is 0 Å². The highest BCUT2D eigenvalue weighted by Crippen LogP contribution is 2.28. The van der Waals surface area contributed by atoms with Crippen LogP contribution in [-0.2, 0) is 0 Å². The predicted molar refractivity (Wildman–Crippen MR) is 63.7 cm³/mol. The van der Waals surface area contributed by atoms with Gasteiger partial charge < -0.3 is 15.1 Å². The standard InChI is InChI=1S/C11H13ClN2O3/c12-9-4-3-8(11(16)17)10(13-9)14-5-1-2-7(14)6-15/h3-4,7,15H,1-2,5-6H2,(H,16,17). The van der Waals surface area contributed by atoms with Crippen molar-refractivity contribution in [2.75, 3.05) is 18.1 Å². The predicted octanol–water partition coefficient (Wildman–Crippen LogP) is 1.39. The maximum absolute atomic E-state index is 11.1. The quantitative estimate of drug-likeness (QED) is 0.800. The van der Waals surface area contributed by atoms with E-state index in [0.29, 0.717) is 12.4 Å². The van der Waals surface area contributed by atoms with Crippen LogP contribution in [0, 0.1) is 0 Å². The molecule has 2 heterocycles. The van der Waals surface area contributed by atoms with E-state index in [1.807, 2.05) is 4.90 Å². The molecule has 1 aliphatic heterocycles. The Labute approximate surface area is 104 Å². The Morgan fingerprint density at radius 1 is 1.59 bits per heavy atom. The third-order valence-corrected chi connectivity index (χ3v) is 3.14. The number of carboxylic acid groups (broad SMARTS) is 1. The van der Waals surface area contributed by atoms with Crippen molar-refractivity contribution in [1.82, 2.24) is 4.98 Å². The van der Waals surface area contributed by atoms with Crippen molar-refractivity contribution >= 4 is 23.4 Å². The zero-order valence-corrected chi connectivity index (χ0v) is 9.89. The molecule has 1 fully saturated rings. The summed E-state index contributed by atoms with van der Waals surface area (Å²) in [4.78, 5) is 17.0. The molecule has 6 heteroatoms. The van der Waals surface area contributed by atoms with Crippen LogP contribution in [0.25, 0.3) is 0 Å². The number of pyridine rings is 1. The molecule has 0 spiro atoms. The zero-order valence-electron chi connectivity index (χ0n) is 9.14. The average Bonchev–Trinajstić information content (AvgIpc) is 2.76. The molecule has 1 saturated heterocycles. The highest BCUT2D eigenvalue weighted by atomic mass is 35.5. The number of carboxylic acids is 1. The van der Waals surface area contributed by atoms with E-state index in [1.54, 1.807) is 0 Å². The van der Waals surface area contributed by atoms with Gasteiger partial charge in [-0.1, -0.05) is 11.6 Å². The van der Waals surface area contributed by atoms with Gasteiger partial charge >= 0.3 is 5.97 Å². The fraction of sp³-hybridized carbons (Fsp3) is 0.455. The van der Waals surface area contributed by atoms with E-state index in [1.165, 1.54) is 12.1 Å². The van der Waals surface area contributed by atoms with Crippen LogP contribution in [-0.4, -0.2) is 40.4 Å². The van der Waals surface area contributed by atoms with Gasteiger partial charge in [-0.3, -0.25) is 0 Å². The van der Waals surface area contributed by atoms with Gasteiger partial charge in [-0.25, -0.2) is 9.78 Å². The molecule has 0 amide bonds. The molecule has 0 saturated carbocycles. The van der Waals surface area contributed by atoms with Gasteiger partial charge in [0, 0.05) is 6.54 Å². The van der Waals surface area contributed by atoms with E-state index in [-0.39, 0.29) is 23.4 Å². The number of hydrogen-bond acceptors (Lipinski definition) is 4. The van der Waals surface area contributed by atoms with Crippen LogP contribution in [0.5, 0.6) is 0 Å². The fourth-order valence-electron chi connectivity index (χ4n) is 2.12. The number of aliphatic hydroxyl groups is 1. The van der Waals surface area contributed by atoms with E-state index < -0.39 is 5.97 Å². The summed E-state index contributed by atoms with van der Waals surface area (Å²) in [5.41, 5.74) is 0.120. The summed E-state index contributed by atoms with van der Waals surface area (Å²) in [6, 6.07) is 2.83. The van der Waals surface area contributed by atoms with Crippen molar-refractivity contribution in [1.29, 1.82) is 0 Å². The Balaban J connectivity index is 2.42. The number of nitrogens with zero attached hydrogens (tertiary/aromatic N) is 2. The molecule has 0 bridgehead atoms. The number of halogens is 1. The fourth-order valence-corrected chi connectivity index (χ4v) is 2.26. The molecule has 1 aromatic rings. The normalized spacial score (nSPS) is 19.6. The second kappa shape index (κ2) is 4.89. The first-order valence-electron chi connectivity index (χ1n) is 5.41. The SMILES string of the molecule is O=C(O)c1ccc(Cl)nc1N1CCCC1CO. The molecule has 2 rings (SSSR count). The van der Waals surface area contributed by atoms with Crippen molar-refractivity contribution in [3.63, 3.8) is 0 Å². The number of aromatic carboxylic acids is 1. The minimum Gasteiger partial charge on any atom is -0.478 e. The number of aliphatic hydroxyl groups excluding tert-OH is 1. The van der Waals surface area contributed by atoms with Crippen LogP contribution in [0.15, 0.2) is 12.1 Å². The largest absolute Gasteiger partial charge is 0.478 e. The van der Waals surface area contributed by atoms with E-state index in [2.05, 4.69) is 4.98 Å². The van der Waals surface area contributed by atoms with Gasteiger partial charge in [-0.05, 0) is 25.0 Å². The van der Waals surface area contributed by atoms with Crippen molar-refractivity contribution in [2.24, 2.45) is 0 Å². The topological polar surface area (TPSA) is 73.7 Å². The number of aromatic nitrogens is 1. The molecule has 0 aliphatic carbocycles. The Bertz CT molecular complexity index is 439. The van der Waals surface area contributed by atoms with Crippen LogP contribution in [0.4, 0.5) is 5.82 Å². The van der Waals surface area contributed by atoms with E-state index >= 15 is 0 Å². The molecule has 17 heavy (non-hydrogen) atoms. The lowest BCUT2D eigenvalue weighted by Crippen LogP contribution is -2.34. The zero-order chi connectivity index (χ0) is 12.4. The van der Waals surface area contributed by atoms with Crippen LogP contribution < -0.4 is 4.90 Å². The summed E-state index contributed by atoms with van der Waals surface area (Å²) in [5.74, 6) is -0.686. The second-order valence-corrected chi connectivity index (χ2v) is 4.37. The Hall–Kier alpha value is -1.33. The number of anilines is 1. The van der Waals surface area contributed by atoms with Crippen LogP contribution in [0.2, 0.25) is 5.15 Å². The maximum atomic E-state index is 11.1. The molecular weight excluding hydrogens is 244 g/mol. The lowest BCUT2D eigenvalue weighted by atomic mass is 10.2. The summed E-state index contributed by atoms with van der Waals surface area (Å²) in [6.45, 7) is 0.687. The smallest absolute Gasteiger partial charge is 0.339 e. The molecule has 1 unspecified atom stereocenters. The summed E-state index contributed by atoms with van der Waals surface area (Å²) in [6.07, 6.45) is 1.75. The molecule has 0 aromatic carbocycles. The van der Waals surface area contributed by atoms with Gasteiger partial charge in [0.2, 0.25) is 0 Å². The summed E-state index contributed by atoms with van der Waals surface area (Å²) in [5, 5.41) is 18.6. The van der Waals surface area contributed by atoms with Gasteiger partial charge in [-0.15, -0.1) is 0 Å². The van der Waals surface area contributed by atoms with E-state index in [4.69, 9.17) is 16.7 Å². The number of rotatable bonds is 3. The average molecular weight is 257 g/mol. The maximum Gasteiger partial charge on any atom is 0.339 e. The van der Waals surface area contributed by atoms with Crippen molar-refractivity contribution in [2.45, 2.75) is 18.9 Å². The molecule has 1 aromatic heterocycles.